The van der Waals surface area contributed by atoms with E-state index in [-0.39, 0.29) is 11.4 Å². The minimum Gasteiger partial charge on any atom is -0.205 e. The van der Waals surface area contributed by atoms with Crippen LogP contribution in [0.15, 0.2) is 36.4 Å². The van der Waals surface area contributed by atoms with E-state index >= 15 is 0 Å². The summed E-state index contributed by atoms with van der Waals surface area (Å²) in [6, 6.07) is 13.3. The number of halogens is 1. The molecule has 1 nitrogen and oxygen atoms in total. The van der Waals surface area contributed by atoms with Crippen LogP contribution >= 0.6 is 11.8 Å². The molecule has 0 spiro atoms. The average Bonchev–Trinajstić information content (AvgIpc) is 2.39. The third kappa shape index (κ3) is 3.61. The van der Waals surface area contributed by atoms with Gasteiger partial charge in [0.25, 0.3) is 0 Å². The molecule has 0 aliphatic heterocycles. The Hall–Kier alpha value is -1.79. The van der Waals surface area contributed by atoms with E-state index < -0.39 is 0 Å². The second-order valence-electron chi connectivity index (χ2n) is 4.88. The highest BCUT2D eigenvalue weighted by Crippen LogP contribution is 2.22. The maximum absolute atomic E-state index is 13.9. The first-order valence-corrected chi connectivity index (χ1v) is 7.58. The van der Waals surface area contributed by atoms with Crippen molar-refractivity contribution in [2.45, 2.75) is 25.4 Å². The van der Waals surface area contributed by atoms with Crippen molar-refractivity contribution >= 4 is 11.8 Å². The number of aryl methyl sites for hydroxylation is 2. The van der Waals surface area contributed by atoms with Crippen molar-refractivity contribution < 1.29 is 4.39 Å². The lowest BCUT2D eigenvalue weighted by molar-refractivity contribution is 0.613. The fourth-order valence-corrected chi connectivity index (χ4v) is 3.16. The van der Waals surface area contributed by atoms with Crippen molar-refractivity contribution in [1.82, 2.24) is 0 Å². The van der Waals surface area contributed by atoms with Crippen molar-refractivity contribution in [3.8, 4) is 6.07 Å². The number of thioether (sulfide) groups is 1. The van der Waals surface area contributed by atoms with Crippen LogP contribution in [-0.4, -0.2) is 0 Å². The number of nitriles is 1. The van der Waals surface area contributed by atoms with Crippen molar-refractivity contribution in [2.24, 2.45) is 0 Å². The minimum absolute atomic E-state index is 0.120. The number of hydrogen-bond donors (Lipinski definition) is 0. The first-order chi connectivity index (χ1) is 9.60. The summed E-state index contributed by atoms with van der Waals surface area (Å²) in [5.41, 5.74) is 4.47. The van der Waals surface area contributed by atoms with Gasteiger partial charge in [-0.05, 0) is 31.0 Å². The van der Waals surface area contributed by atoms with Gasteiger partial charge in [0.15, 0.2) is 0 Å². The molecule has 2 rings (SSSR count). The van der Waals surface area contributed by atoms with Crippen LogP contribution in [0.3, 0.4) is 0 Å². The van der Waals surface area contributed by atoms with Gasteiger partial charge in [0.2, 0.25) is 0 Å². The number of hydrogen-bond acceptors (Lipinski definition) is 2. The summed E-state index contributed by atoms with van der Waals surface area (Å²) in [6.07, 6.45) is 0. The molecule has 0 radical (unpaired) electrons. The summed E-state index contributed by atoms with van der Waals surface area (Å²) in [6.45, 7) is 4.16. The van der Waals surface area contributed by atoms with Gasteiger partial charge in [-0.3, -0.25) is 0 Å². The maximum Gasteiger partial charge on any atom is 0.144 e. The Balaban J connectivity index is 2.01. The van der Waals surface area contributed by atoms with Crippen LogP contribution < -0.4 is 0 Å². The Labute approximate surface area is 123 Å². The summed E-state index contributed by atoms with van der Waals surface area (Å²) in [4.78, 5) is 0. The highest BCUT2D eigenvalue weighted by molar-refractivity contribution is 7.97. The second kappa shape index (κ2) is 6.58. The standard InChI is InChI=1S/C17H16FNS/c1-12-6-13(2)8-14(7-12)10-20-11-16-5-3-4-15(9-19)17(16)18/h3-8H,10-11H2,1-2H3. The van der Waals surface area contributed by atoms with Crippen molar-refractivity contribution in [2.75, 3.05) is 0 Å². The van der Waals surface area contributed by atoms with Gasteiger partial charge in [-0.2, -0.15) is 17.0 Å². The van der Waals surface area contributed by atoms with Gasteiger partial charge in [0.1, 0.15) is 11.9 Å². The Morgan fingerprint density at radius 3 is 2.45 bits per heavy atom. The topological polar surface area (TPSA) is 23.8 Å². The average molecular weight is 285 g/mol. The molecule has 20 heavy (non-hydrogen) atoms. The molecule has 0 aliphatic rings. The first-order valence-electron chi connectivity index (χ1n) is 6.42. The number of rotatable bonds is 4. The quantitative estimate of drug-likeness (QED) is 0.809. The van der Waals surface area contributed by atoms with Gasteiger partial charge in [0, 0.05) is 11.5 Å². The normalized spacial score (nSPS) is 10.3. The summed E-state index contributed by atoms with van der Waals surface area (Å²) in [5, 5.41) is 8.81. The first kappa shape index (κ1) is 14.6. The molecule has 3 heteroatoms. The smallest absolute Gasteiger partial charge is 0.144 e. The predicted octanol–water partition coefficient (Wildman–Crippen LogP) is 4.75. The molecule has 0 atom stereocenters. The number of nitrogens with zero attached hydrogens (tertiary/aromatic N) is 1. The summed E-state index contributed by atoms with van der Waals surface area (Å²) in [5.74, 6) is 1.04. The maximum atomic E-state index is 13.9. The molecular formula is C17H16FNS. The molecule has 2 aromatic carbocycles. The molecule has 0 N–H and O–H groups in total. The van der Waals surface area contributed by atoms with Crippen LogP contribution in [0.5, 0.6) is 0 Å². The van der Waals surface area contributed by atoms with Crippen LogP contribution in [-0.2, 0) is 11.5 Å². The molecule has 2 aromatic rings. The Morgan fingerprint density at radius 1 is 1.10 bits per heavy atom. The van der Waals surface area contributed by atoms with Crippen LogP contribution in [0.1, 0.15) is 27.8 Å². The lowest BCUT2D eigenvalue weighted by Gasteiger charge is -2.06. The van der Waals surface area contributed by atoms with Crippen LogP contribution in [0.2, 0.25) is 0 Å². The fourth-order valence-electron chi connectivity index (χ4n) is 2.21. The molecule has 0 saturated carbocycles. The van der Waals surface area contributed by atoms with Crippen molar-refractivity contribution in [1.29, 1.82) is 5.26 Å². The van der Waals surface area contributed by atoms with Crippen LogP contribution in [0, 0.1) is 31.0 Å². The van der Waals surface area contributed by atoms with Crippen LogP contribution in [0.25, 0.3) is 0 Å². The largest absolute Gasteiger partial charge is 0.205 e. The molecule has 102 valence electrons. The summed E-state index contributed by atoms with van der Waals surface area (Å²) in [7, 11) is 0. The van der Waals surface area contributed by atoms with Gasteiger partial charge in [0.05, 0.1) is 5.56 Å². The molecular weight excluding hydrogens is 269 g/mol. The number of benzene rings is 2. The minimum atomic E-state index is -0.386. The van der Waals surface area contributed by atoms with Gasteiger partial charge in [-0.1, -0.05) is 41.5 Å². The molecule has 0 saturated heterocycles. The van der Waals surface area contributed by atoms with E-state index in [0.717, 1.165) is 5.75 Å². The molecule has 0 heterocycles. The Morgan fingerprint density at radius 2 is 1.80 bits per heavy atom. The highest BCUT2D eigenvalue weighted by Gasteiger charge is 2.07. The lowest BCUT2D eigenvalue weighted by atomic mass is 10.1. The Kier molecular flexibility index (Phi) is 4.81. The second-order valence-corrected chi connectivity index (χ2v) is 5.86. The molecule has 0 bridgehead atoms. The van der Waals surface area contributed by atoms with Gasteiger partial charge >= 0.3 is 0 Å². The molecule has 0 unspecified atom stereocenters. The lowest BCUT2D eigenvalue weighted by Crippen LogP contribution is -1.92. The molecule has 0 aromatic heterocycles. The SMILES string of the molecule is Cc1cc(C)cc(CSCc2cccc(C#N)c2F)c1. The van der Waals surface area contributed by atoms with E-state index in [9.17, 15) is 4.39 Å². The van der Waals surface area contributed by atoms with E-state index in [1.54, 1.807) is 23.9 Å². The summed E-state index contributed by atoms with van der Waals surface area (Å²) >= 11 is 1.66. The third-order valence-corrected chi connectivity index (χ3v) is 4.06. The van der Waals surface area contributed by atoms with Gasteiger partial charge in [-0.15, -0.1) is 0 Å². The van der Waals surface area contributed by atoms with E-state index in [4.69, 9.17) is 5.26 Å². The van der Waals surface area contributed by atoms with E-state index in [2.05, 4.69) is 32.0 Å². The predicted molar refractivity (Wildman–Crippen MR) is 82.0 cm³/mol. The van der Waals surface area contributed by atoms with E-state index in [0.29, 0.717) is 11.3 Å². The third-order valence-electron chi connectivity index (χ3n) is 3.01. The summed E-state index contributed by atoms with van der Waals surface area (Å²) < 4.78 is 13.9. The van der Waals surface area contributed by atoms with Crippen molar-refractivity contribution in [3.63, 3.8) is 0 Å². The molecule has 0 amide bonds. The fraction of sp³-hybridized carbons (Fsp3) is 0.235. The van der Waals surface area contributed by atoms with Gasteiger partial charge < -0.3 is 0 Å². The van der Waals surface area contributed by atoms with Crippen LogP contribution in [0.4, 0.5) is 4.39 Å². The zero-order valence-electron chi connectivity index (χ0n) is 11.6. The van der Waals surface area contributed by atoms with Crippen molar-refractivity contribution in [3.05, 3.63) is 70.0 Å². The van der Waals surface area contributed by atoms with E-state index in [1.165, 1.54) is 22.8 Å². The molecule has 0 aliphatic carbocycles. The zero-order valence-corrected chi connectivity index (χ0v) is 12.4. The highest BCUT2D eigenvalue weighted by atomic mass is 32.2. The zero-order chi connectivity index (χ0) is 14.5. The van der Waals surface area contributed by atoms with Gasteiger partial charge in [-0.25, -0.2) is 4.39 Å². The Bertz CT molecular complexity index is 638. The molecule has 0 fully saturated rings. The monoisotopic (exact) mass is 285 g/mol. The van der Waals surface area contributed by atoms with E-state index in [1.807, 2.05) is 6.07 Å².